The second-order valence-corrected chi connectivity index (χ2v) is 6.10. The van der Waals surface area contributed by atoms with Gasteiger partial charge in [-0.15, -0.1) is 0 Å². The summed E-state index contributed by atoms with van der Waals surface area (Å²) in [6, 6.07) is 21.9. The fourth-order valence-electron chi connectivity index (χ4n) is 3.40. The summed E-state index contributed by atoms with van der Waals surface area (Å²) < 4.78 is 7.66. The van der Waals surface area contributed by atoms with Crippen LogP contribution in [0, 0.1) is 11.3 Å². The van der Waals surface area contributed by atoms with E-state index in [1.54, 1.807) is 4.68 Å². The molecule has 0 saturated heterocycles. The lowest BCUT2D eigenvalue weighted by Gasteiger charge is -2.25. The number of aryl methyl sites for hydroxylation is 1. The van der Waals surface area contributed by atoms with Gasteiger partial charge in [0, 0.05) is 0 Å². The summed E-state index contributed by atoms with van der Waals surface area (Å²) >= 11 is 0. The van der Waals surface area contributed by atoms with E-state index in [9.17, 15) is 5.26 Å². The van der Waals surface area contributed by atoms with E-state index in [1.165, 1.54) is 0 Å². The van der Waals surface area contributed by atoms with Crippen molar-refractivity contribution in [1.82, 2.24) is 9.78 Å². The van der Waals surface area contributed by atoms with Crippen molar-refractivity contribution >= 4 is 0 Å². The molecule has 5 heteroatoms. The van der Waals surface area contributed by atoms with Crippen LogP contribution in [0.2, 0.25) is 0 Å². The van der Waals surface area contributed by atoms with Crippen molar-refractivity contribution in [1.29, 1.82) is 5.26 Å². The van der Waals surface area contributed by atoms with Crippen LogP contribution in [-0.2, 0) is 6.42 Å². The second-order valence-electron chi connectivity index (χ2n) is 6.10. The number of aromatic nitrogens is 2. The van der Waals surface area contributed by atoms with E-state index in [2.05, 4.69) is 6.07 Å². The molecule has 3 aromatic rings. The first-order chi connectivity index (χ1) is 12.7. The monoisotopic (exact) mass is 342 g/mol. The summed E-state index contributed by atoms with van der Waals surface area (Å²) in [4.78, 5) is 0. The smallest absolute Gasteiger partial charge is 0.229 e. The topological polar surface area (TPSA) is 76.9 Å². The molecule has 0 radical (unpaired) electrons. The minimum Gasteiger partial charge on any atom is -0.422 e. The van der Waals surface area contributed by atoms with Crippen LogP contribution in [-0.4, -0.2) is 9.78 Å². The molecule has 1 atom stereocenters. The number of para-hydroxylation sites is 1. The second kappa shape index (κ2) is 6.41. The van der Waals surface area contributed by atoms with Crippen molar-refractivity contribution < 1.29 is 4.74 Å². The highest BCUT2D eigenvalue weighted by Gasteiger charge is 2.36. The third-order valence-electron chi connectivity index (χ3n) is 4.59. The Morgan fingerprint density at radius 3 is 2.38 bits per heavy atom. The van der Waals surface area contributed by atoms with Gasteiger partial charge < -0.3 is 10.5 Å². The largest absolute Gasteiger partial charge is 0.422 e. The molecule has 0 saturated carbocycles. The van der Waals surface area contributed by atoms with Crippen molar-refractivity contribution in [2.75, 3.05) is 0 Å². The molecular weight excluding hydrogens is 324 g/mol. The predicted octanol–water partition coefficient (Wildman–Crippen LogP) is 3.65. The first-order valence-electron chi connectivity index (χ1n) is 8.54. The lowest BCUT2D eigenvalue weighted by atomic mass is 9.83. The van der Waals surface area contributed by atoms with Gasteiger partial charge in [0.05, 0.1) is 22.9 Å². The number of nitrogens with two attached hydrogens (primary N) is 1. The van der Waals surface area contributed by atoms with Gasteiger partial charge in [-0.3, -0.25) is 0 Å². The van der Waals surface area contributed by atoms with Crippen molar-refractivity contribution in [2.24, 2.45) is 5.73 Å². The maximum atomic E-state index is 9.71. The first-order valence-corrected chi connectivity index (χ1v) is 8.54. The van der Waals surface area contributed by atoms with Gasteiger partial charge in [-0.2, -0.15) is 10.4 Å². The predicted molar refractivity (Wildman–Crippen MR) is 98.7 cm³/mol. The summed E-state index contributed by atoms with van der Waals surface area (Å²) in [5.41, 5.74) is 10.2. The number of benzene rings is 2. The van der Waals surface area contributed by atoms with Gasteiger partial charge in [0.25, 0.3) is 0 Å². The van der Waals surface area contributed by atoms with Gasteiger partial charge in [0.15, 0.2) is 0 Å². The SMILES string of the molecule is CCc1nn(-c2ccccc2)c2c1C(c1ccccc1)C(C#N)=C(N)O2. The molecule has 5 nitrogen and oxygen atoms in total. The Balaban J connectivity index is 1.99. The van der Waals surface area contributed by atoms with Gasteiger partial charge >= 0.3 is 0 Å². The summed E-state index contributed by atoms with van der Waals surface area (Å²) in [7, 11) is 0. The first kappa shape index (κ1) is 16.0. The molecule has 1 unspecified atom stereocenters. The van der Waals surface area contributed by atoms with Gasteiger partial charge in [0.1, 0.15) is 11.6 Å². The zero-order valence-electron chi connectivity index (χ0n) is 14.4. The molecule has 1 aliphatic rings. The zero-order chi connectivity index (χ0) is 18.1. The highest BCUT2D eigenvalue weighted by molar-refractivity contribution is 5.57. The van der Waals surface area contributed by atoms with Crippen molar-refractivity contribution in [2.45, 2.75) is 19.3 Å². The van der Waals surface area contributed by atoms with Crippen molar-refractivity contribution in [3.8, 4) is 17.6 Å². The Morgan fingerprint density at radius 2 is 1.77 bits per heavy atom. The molecule has 1 aliphatic heterocycles. The Hall–Kier alpha value is -3.52. The lowest BCUT2D eigenvalue weighted by molar-refractivity contribution is 0.367. The van der Waals surface area contributed by atoms with Crippen molar-refractivity contribution in [3.63, 3.8) is 0 Å². The third-order valence-corrected chi connectivity index (χ3v) is 4.59. The van der Waals surface area contributed by atoms with Gasteiger partial charge in [0.2, 0.25) is 11.8 Å². The van der Waals surface area contributed by atoms with E-state index in [1.807, 2.05) is 67.6 Å². The molecule has 0 spiro atoms. The third kappa shape index (κ3) is 2.44. The van der Waals surface area contributed by atoms with E-state index < -0.39 is 0 Å². The molecule has 1 aromatic heterocycles. The molecule has 2 heterocycles. The number of nitrogens with zero attached hydrogens (tertiary/aromatic N) is 3. The highest BCUT2D eigenvalue weighted by Crippen LogP contribution is 2.44. The number of hydrogen-bond donors (Lipinski definition) is 1. The maximum absolute atomic E-state index is 9.71. The van der Waals surface area contributed by atoms with Gasteiger partial charge in [-0.1, -0.05) is 55.5 Å². The van der Waals surface area contributed by atoms with Crippen molar-refractivity contribution in [3.05, 3.63) is 88.9 Å². The Kier molecular flexibility index (Phi) is 3.94. The Labute approximate surface area is 151 Å². The molecule has 0 bridgehead atoms. The minimum atomic E-state index is -0.280. The van der Waals surface area contributed by atoms with Crippen LogP contribution in [0.4, 0.5) is 0 Å². The Bertz CT molecular complexity index is 1010. The molecule has 2 N–H and O–H groups in total. The number of fused-ring (bicyclic) bond motifs is 1. The van der Waals surface area contributed by atoms with E-state index in [0.717, 1.165) is 28.9 Å². The average Bonchev–Trinajstić information content (AvgIpc) is 3.06. The quantitative estimate of drug-likeness (QED) is 0.788. The molecule has 0 fully saturated rings. The lowest BCUT2D eigenvalue weighted by Crippen LogP contribution is -2.22. The van der Waals surface area contributed by atoms with Crippen LogP contribution < -0.4 is 10.5 Å². The fourth-order valence-corrected chi connectivity index (χ4v) is 3.40. The molecule has 0 amide bonds. The fraction of sp³-hybridized carbons (Fsp3) is 0.143. The molecule has 128 valence electrons. The molecule has 4 rings (SSSR count). The van der Waals surface area contributed by atoms with Crippen LogP contribution in [0.15, 0.2) is 72.1 Å². The van der Waals surface area contributed by atoms with E-state index >= 15 is 0 Å². The zero-order valence-corrected chi connectivity index (χ0v) is 14.4. The number of allylic oxidation sites excluding steroid dienone is 1. The van der Waals surface area contributed by atoms with Crippen LogP contribution >= 0.6 is 0 Å². The number of rotatable bonds is 3. The maximum Gasteiger partial charge on any atom is 0.229 e. The van der Waals surface area contributed by atoms with Gasteiger partial charge in [-0.05, 0) is 24.1 Å². The van der Waals surface area contributed by atoms with Crippen LogP contribution in [0.1, 0.15) is 29.7 Å². The van der Waals surface area contributed by atoms with Crippen LogP contribution in [0.3, 0.4) is 0 Å². The standard InChI is InChI=1S/C21H18N4O/c1-2-17-19-18(14-9-5-3-6-10-14)16(13-22)20(23)26-21(19)25(24-17)15-11-7-4-8-12-15/h3-12,18H,2,23H2,1H3. The average molecular weight is 342 g/mol. The van der Waals surface area contributed by atoms with E-state index in [0.29, 0.717) is 11.5 Å². The molecule has 26 heavy (non-hydrogen) atoms. The summed E-state index contributed by atoms with van der Waals surface area (Å²) in [6.45, 7) is 2.05. The summed E-state index contributed by atoms with van der Waals surface area (Å²) in [6.07, 6.45) is 0.730. The summed E-state index contributed by atoms with van der Waals surface area (Å²) in [5.74, 6) is 0.435. The van der Waals surface area contributed by atoms with Crippen LogP contribution in [0.25, 0.3) is 5.69 Å². The number of nitriles is 1. The summed E-state index contributed by atoms with van der Waals surface area (Å²) in [5, 5.41) is 14.5. The molecule has 2 aromatic carbocycles. The minimum absolute atomic E-state index is 0.133. The number of hydrogen-bond acceptors (Lipinski definition) is 4. The van der Waals surface area contributed by atoms with E-state index in [-0.39, 0.29) is 11.8 Å². The van der Waals surface area contributed by atoms with E-state index in [4.69, 9.17) is 15.6 Å². The highest BCUT2D eigenvalue weighted by atomic mass is 16.5. The van der Waals surface area contributed by atoms with Crippen LogP contribution in [0.5, 0.6) is 5.88 Å². The molecular formula is C21H18N4O. The Morgan fingerprint density at radius 1 is 1.12 bits per heavy atom. The molecule has 0 aliphatic carbocycles. The van der Waals surface area contributed by atoms with Gasteiger partial charge in [-0.25, -0.2) is 4.68 Å². The normalized spacial score (nSPS) is 15.9. The number of ether oxygens (including phenoxy) is 1.